The minimum absolute atomic E-state index is 0.712. The molecule has 0 aromatic heterocycles. The van der Waals surface area contributed by atoms with Crippen LogP contribution in [0.1, 0.15) is 37.8 Å². The first-order chi connectivity index (χ1) is 7.83. The first-order valence-corrected chi connectivity index (χ1v) is 6.63. The number of rotatable bonds is 5. The van der Waals surface area contributed by atoms with Gasteiger partial charge in [-0.2, -0.15) is 0 Å². The third-order valence-corrected chi connectivity index (χ3v) is 3.82. The summed E-state index contributed by atoms with van der Waals surface area (Å²) in [7, 11) is 0. The molecule has 0 unspecified atom stereocenters. The maximum Gasteiger partial charge on any atom is 0.00619 e. The van der Waals surface area contributed by atoms with Gasteiger partial charge in [0, 0.05) is 6.04 Å². The molecule has 1 aromatic carbocycles. The predicted molar refractivity (Wildman–Crippen MR) is 69.7 cm³/mol. The first kappa shape index (κ1) is 11.7. The van der Waals surface area contributed by atoms with Crippen molar-refractivity contribution in [1.29, 1.82) is 0 Å². The molecule has 1 aliphatic rings. The highest BCUT2D eigenvalue weighted by atomic mass is 14.9. The van der Waals surface area contributed by atoms with Crippen molar-refractivity contribution in [3.8, 4) is 0 Å². The van der Waals surface area contributed by atoms with Crippen LogP contribution >= 0.6 is 0 Å². The van der Waals surface area contributed by atoms with E-state index in [0.717, 1.165) is 5.92 Å². The molecule has 2 rings (SSSR count). The lowest BCUT2D eigenvalue weighted by Gasteiger charge is -2.17. The van der Waals surface area contributed by atoms with E-state index in [4.69, 9.17) is 0 Å². The lowest BCUT2D eigenvalue weighted by atomic mass is 10.1. The Balaban J connectivity index is 1.83. The standard InChI is InChI=1S/C15H23N/c1-3-15(4-2)16-11-12-9-13-7-5-6-8-14(13)10-12/h5-8,12,15-16H,3-4,9-11H2,1-2H3. The molecule has 88 valence electrons. The van der Waals surface area contributed by atoms with Gasteiger partial charge in [-0.15, -0.1) is 0 Å². The number of nitrogens with one attached hydrogen (secondary N) is 1. The van der Waals surface area contributed by atoms with Crippen LogP contribution in [0.5, 0.6) is 0 Å². The van der Waals surface area contributed by atoms with E-state index in [1.54, 1.807) is 11.1 Å². The van der Waals surface area contributed by atoms with Gasteiger partial charge < -0.3 is 5.32 Å². The summed E-state index contributed by atoms with van der Waals surface area (Å²) in [5, 5.41) is 3.70. The van der Waals surface area contributed by atoms with Crippen LogP contribution in [-0.2, 0) is 12.8 Å². The van der Waals surface area contributed by atoms with E-state index in [-0.39, 0.29) is 0 Å². The summed E-state index contributed by atoms with van der Waals surface area (Å²) in [6, 6.07) is 9.60. The molecule has 0 saturated heterocycles. The molecule has 1 heteroatoms. The monoisotopic (exact) mass is 217 g/mol. The van der Waals surface area contributed by atoms with Crippen molar-refractivity contribution in [3.05, 3.63) is 35.4 Å². The number of benzene rings is 1. The lowest BCUT2D eigenvalue weighted by molar-refractivity contribution is 0.420. The minimum Gasteiger partial charge on any atom is -0.314 e. The van der Waals surface area contributed by atoms with Gasteiger partial charge in [-0.25, -0.2) is 0 Å². The summed E-state index contributed by atoms with van der Waals surface area (Å²) in [4.78, 5) is 0. The van der Waals surface area contributed by atoms with Gasteiger partial charge in [-0.3, -0.25) is 0 Å². The van der Waals surface area contributed by atoms with Gasteiger partial charge in [0.1, 0.15) is 0 Å². The SMILES string of the molecule is CCC(CC)NCC1Cc2ccccc2C1. The van der Waals surface area contributed by atoms with Crippen LogP contribution in [0.4, 0.5) is 0 Å². The molecule has 1 nitrogen and oxygen atoms in total. The fourth-order valence-corrected chi connectivity index (χ4v) is 2.70. The highest BCUT2D eigenvalue weighted by molar-refractivity contribution is 5.32. The molecule has 0 atom stereocenters. The molecule has 1 N–H and O–H groups in total. The molecule has 0 saturated carbocycles. The average Bonchev–Trinajstić information content (AvgIpc) is 2.73. The Hall–Kier alpha value is -0.820. The van der Waals surface area contributed by atoms with E-state index in [9.17, 15) is 0 Å². The summed E-state index contributed by atoms with van der Waals surface area (Å²) in [5.41, 5.74) is 3.14. The Bertz CT molecular complexity index is 303. The molecule has 0 radical (unpaired) electrons. The zero-order chi connectivity index (χ0) is 11.4. The van der Waals surface area contributed by atoms with Crippen LogP contribution in [0, 0.1) is 5.92 Å². The second-order valence-electron chi connectivity index (χ2n) is 4.96. The Labute approximate surface area is 99.3 Å². The number of hydrogen-bond acceptors (Lipinski definition) is 1. The number of fused-ring (bicyclic) bond motifs is 1. The third-order valence-electron chi connectivity index (χ3n) is 3.82. The van der Waals surface area contributed by atoms with Gasteiger partial charge >= 0.3 is 0 Å². The number of hydrogen-bond donors (Lipinski definition) is 1. The highest BCUT2D eigenvalue weighted by Gasteiger charge is 2.20. The molecule has 0 spiro atoms. The van der Waals surface area contributed by atoms with Crippen LogP contribution in [0.25, 0.3) is 0 Å². The van der Waals surface area contributed by atoms with E-state index in [1.165, 1.54) is 32.2 Å². The molecule has 0 bridgehead atoms. The average molecular weight is 217 g/mol. The van der Waals surface area contributed by atoms with Crippen LogP contribution in [0.2, 0.25) is 0 Å². The predicted octanol–water partition coefficient (Wildman–Crippen LogP) is 3.18. The quantitative estimate of drug-likeness (QED) is 0.798. The van der Waals surface area contributed by atoms with Gasteiger partial charge in [0.15, 0.2) is 0 Å². The summed E-state index contributed by atoms with van der Waals surface area (Å²) < 4.78 is 0. The lowest BCUT2D eigenvalue weighted by Crippen LogP contribution is -2.32. The smallest absolute Gasteiger partial charge is 0.00619 e. The van der Waals surface area contributed by atoms with Crippen molar-refractivity contribution >= 4 is 0 Å². The third kappa shape index (κ3) is 2.65. The van der Waals surface area contributed by atoms with E-state index >= 15 is 0 Å². The van der Waals surface area contributed by atoms with Gasteiger partial charge in [-0.1, -0.05) is 38.1 Å². The summed E-state index contributed by atoms with van der Waals surface area (Å²) in [6.07, 6.45) is 5.03. The van der Waals surface area contributed by atoms with Crippen molar-refractivity contribution in [2.24, 2.45) is 5.92 Å². The van der Waals surface area contributed by atoms with Crippen molar-refractivity contribution in [1.82, 2.24) is 5.32 Å². The summed E-state index contributed by atoms with van der Waals surface area (Å²) >= 11 is 0. The van der Waals surface area contributed by atoms with Gasteiger partial charge in [-0.05, 0) is 49.3 Å². The minimum atomic E-state index is 0.712. The van der Waals surface area contributed by atoms with Crippen molar-refractivity contribution in [2.45, 2.75) is 45.6 Å². The van der Waals surface area contributed by atoms with E-state index in [2.05, 4.69) is 43.4 Å². The van der Waals surface area contributed by atoms with E-state index < -0.39 is 0 Å². The molecule has 0 aliphatic heterocycles. The summed E-state index contributed by atoms with van der Waals surface area (Å²) in [5.74, 6) is 0.818. The van der Waals surface area contributed by atoms with Gasteiger partial charge in [0.05, 0.1) is 0 Å². The van der Waals surface area contributed by atoms with E-state index in [1.807, 2.05) is 0 Å². The normalized spacial score (nSPS) is 15.7. The topological polar surface area (TPSA) is 12.0 Å². The second kappa shape index (κ2) is 5.49. The van der Waals surface area contributed by atoms with Crippen molar-refractivity contribution in [3.63, 3.8) is 0 Å². The molecule has 0 fully saturated rings. The largest absolute Gasteiger partial charge is 0.314 e. The second-order valence-corrected chi connectivity index (χ2v) is 4.96. The summed E-state index contributed by atoms with van der Waals surface area (Å²) in [6.45, 7) is 5.72. The molecular weight excluding hydrogens is 194 g/mol. The van der Waals surface area contributed by atoms with Crippen LogP contribution in [0.15, 0.2) is 24.3 Å². The van der Waals surface area contributed by atoms with Gasteiger partial charge in [0.2, 0.25) is 0 Å². The van der Waals surface area contributed by atoms with E-state index in [0.29, 0.717) is 6.04 Å². The van der Waals surface area contributed by atoms with Crippen molar-refractivity contribution in [2.75, 3.05) is 6.54 Å². The van der Waals surface area contributed by atoms with Gasteiger partial charge in [0.25, 0.3) is 0 Å². The first-order valence-electron chi connectivity index (χ1n) is 6.63. The molecule has 0 heterocycles. The Morgan fingerprint density at radius 3 is 2.19 bits per heavy atom. The zero-order valence-electron chi connectivity index (χ0n) is 10.5. The molecular formula is C15H23N. The molecule has 1 aromatic rings. The maximum absolute atomic E-state index is 3.70. The Kier molecular flexibility index (Phi) is 4.00. The van der Waals surface area contributed by atoms with Crippen LogP contribution < -0.4 is 5.32 Å². The zero-order valence-corrected chi connectivity index (χ0v) is 10.5. The van der Waals surface area contributed by atoms with Crippen LogP contribution in [-0.4, -0.2) is 12.6 Å². The fraction of sp³-hybridized carbons (Fsp3) is 0.600. The van der Waals surface area contributed by atoms with Crippen molar-refractivity contribution < 1.29 is 0 Å². The Morgan fingerprint density at radius 2 is 1.69 bits per heavy atom. The maximum atomic E-state index is 3.70. The highest BCUT2D eigenvalue weighted by Crippen LogP contribution is 2.25. The molecule has 0 amide bonds. The Morgan fingerprint density at radius 1 is 1.12 bits per heavy atom. The molecule has 16 heavy (non-hydrogen) atoms. The fourth-order valence-electron chi connectivity index (χ4n) is 2.70. The van der Waals surface area contributed by atoms with Crippen LogP contribution in [0.3, 0.4) is 0 Å². The molecule has 1 aliphatic carbocycles.